The topological polar surface area (TPSA) is 67.0 Å². The first-order valence-electron chi connectivity index (χ1n) is 7.91. The number of aryl methyl sites for hydroxylation is 1. The fourth-order valence-electron chi connectivity index (χ4n) is 2.40. The Bertz CT molecular complexity index is 705. The number of aromatic amines is 1. The van der Waals surface area contributed by atoms with Crippen LogP contribution in [0.25, 0.3) is 11.0 Å². The third kappa shape index (κ3) is 4.47. The molecule has 0 aliphatic rings. The van der Waals surface area contributed by atoms with E-state index in [2.05, 4.69) is 42.1 Å². The molecule has 0 aliphatic carbocycles. The molecule has 1 heterocycles. The Kier molecular flexibility index (Phi) is 4.42. The van der Waals surface area contributed by atoms with Crippen LogP contribution in [0.3, 0.4) is 0 Å². The maximum absolute atomic E-state index is 12.2. The first-order chi connectivity index (χ1) is 10.5. The molecule has 1 amide bonds. The maximum Gasteiger partial charge on any atom is 0.408 e. The highest BCUT2D eigenvalue weighted by Crippen LogP contribution is 2.32. The van der Waals surface area contributed by atoms with Gasteiger partial charge in [-0.2, -0.15) is 0 Å². The molecule has 5 nitrogen and oxygen atoms in total. The number of ether oxygens (including phenoxy) is 1. The van der Waals surface area contributed by atoms with Gasteiger partial charge in [0.2, 0.25) is 0 Å². The van der Waals surface area contributed by atoms with Gasteiger partial charge in [0.15, 0.2) is 0 Å². The molecule has 0 aliphatic heterocycles. The first-order valence-corrected chi connectivity index (χ1v) is 7.91. The van der Waals surface area contributed by atoms with E-state index in [9.17, 15) is 4.79 Å². The van der Waals surface area contributed by atoms with E-state index in [0.717, 1.165) is 16.9 Å². The van der Waals surface area contributed by atoms with E-state index in [1.165, 1.54) is 5.56 Å². The zero-order valence-electron chi connectivity index (χ0n) is 15.1. The summed E-state index contributed by atoms with van der Waals surface area (Å²) in [6.45, 7) is 13.8. The summed E-state index contributed by atoms with van der Waals surface area (Å²) in [7, 11) is 0. The number of nitrogens with zero attached hydrogens (tertiary/aromatic N) is 1. The number of nitrogens with one attached hydrogen (secondary N) is 2. The number of carbonyl (C=O) groups is 1. The Balaban J connectivity index is 2.32. The van der Waals surface area contributed by atoms with Crippen molar-refractivity contribution in [3.05, 3.63) is 29.6 Å². The van der Waals surface area contributed by atoms with E-state index in [1.54, 1.807) is 0 Å². The van der Waals surface area contributed by atoms with Crippen molar-refractivity contribution in [1.29, 1.82) is 0 Å². The van der Waals surface area contributed by atoms with Crippen molar-refractivity contribution in [3.63, 3.8) is 0 Å². The molecule has 2 aromatic rings. The second kappa shape index (κ2) is 5.87. The largest absolute Gasteiger partial charge is 0.444 e. The number of imidazole rings is 1. The Hall–Kier alpha value is -2.04. The van der Waals surface area contributed by atoms with Crippen molar-refractivity contribution in [1.82, 2.24) is 15.3 Å². The number of H-pyrrole nitrogens is 1. The lowest BCUT2D eigenvalue weighted by molar-refractivity contribution is 0.0458. The van der Waals surface area contributed by atoms with Crippen LogP contribution in [0.1, 0.15) is 59.0 Å². The third-order valence-electron chi connectivity index (χ3n) is 3.46. The Morgan fingerprint density at radius 1 is 1.22 bits per heavy atom. The molecule has 23 heavy (non-hydrogen) atoms. The monoisotopic (exact) mass is 317 g/mol. The van der Waals surface area contributed by atoms with Gasteiger partial charge in [-0.3, -0.25) is 0 Å². The molecule has 0 fully saturated rings. The molecule has 0 radical (unpaired) electrons. The minimum absolute atomic E-state index is 0.209. The lowest BCUT2D eigenvalue weighted by Crippen LogP contribution is -2.40. The molecule has 126 valence electrons. The minimum atomic E-state index is -0.530. The number of aromatic nitrogens is 2. The number of rotatable bonds is 2. The first kappa shape index (κ1) is 17.3. The van der Waals surface area contributed by atoms with Gasteiger partial charge in [0.25, 0.3) is 0 Å². The SMILES string of the molecule is Cc1ccc2nc(C(NC(=O)OC(C)(C)C)C(C)(C)C)[nH]c2c1. The standard InChI is InChI=1S/C18H27N3O2/c1-11-8-9-12-13(10-11)20-15(19-12)14(17(2,3)4)21-16(22)23-18(5,6)7/h8-10,14H,1-7H3,(H,19,20)(H,21,22). The van der Waals surface area contributed by atoms with Crippen molar-refractivity contribution in [3.8, 4) is 0 Å². The number of alkyl carbamates (subject to hydrolysis) is 1. The summed E-state index contributed by atoms with van der Waals surface area (Å²) in [4.78, 5) is 20.2. The average molecular weight is 317 g/mol. The van der Waals surface area contributed by atoms with Gasteiger partial charge in [0.1, 0.15) is 11.4 Å². The predicted molar refractivity (Wildman–Crippen MR) is 92.4 cm³/mol. The zero-order chi connectivity index (χ0) is 17.4. The van der Waals surface area contributed by atoms with Crippen LogP contribution in [0.2, 0.25) is 0 Å². The van der Waals surface area contributed by atoms with Crippen molar-refractivity contribution >= 4 is 17.1 Å². The molecule has 5 heteroatoms. The highest BCUT2D eigenvalue weighted by Gasteiger charge is 2.32. The third-order valence-corrected chi connectivity index (χ3v) is 3.46. The quantitative estimate of drug-likeness (QED) is 0.858. The Morgan fingerprint density at radius 2 is 1.87 bits per heavy atom. The Labute approximate surface area is 137 Å². The number of amides is 1. The van der Waals surface area contributed by atoms with Crippen molar-refractivity contribution < 1.29 is 9.53 Å². The van der Waals surface area contributed by atoms with Crippen LogP contribution in [-0.4, -0.2) is 21.7 Å². The van der Waals surface area contributed by atoms with E-state index < -0.39 is 11.7 Å². The second-order valence-electron chi connectivity index (χ2n) is 8.09. The van der Waals surface area contributed by atoms with Crippen LogP contribution in [-0.2, 0) is 4.74 Å². The Morgan fingerprint density at radius 3 is 2.43 bits per heavy atom. The van der Waals surface area contributed by atoms with E-state index >= 15 is 0 Å². The van der Waals surface area contributed by atoms with Crippen molar-refractivity contribution in [2.45, 2.75) is 60.1 Å². The van der Waals surface area contributed by atoms with E-state index in [0.29, 0.717) is 0 Å². The molecule has 1 aromatic heterocycles. The average Bonchev–Trinajstić information content (AvgIpc) is 2.74. The van der Waals surface area contributed by atoms with Gasteiger partial charge in [-0.15, -0.1) is 0 Å². The summed E-state index contributed by atoms with van der Waals surface area (Å²) in [6.07, 6.45) is -0.436. The van der Waals surface area contributed by atoms with E-state index in [4.69, 9.17) is 4.74 Å². The van der Waals surface area contributed by atoms with E-state index in [1.807, 2.05) is 39.8 Å². The highest BCUT2D eigenvalue weighted by molar-refractivity contribution is 5.76. The number of fused-ring (bicyclic) bond motifs is 1. The smallest absolute Gasteiger partial charge is 0.408 e. The minimum Gasteiger partial charge on any atom is -0.444 e. The molecule has 0 saturated heterocycles. The van der Waals surface area contributed by atoms with Crippen LogP contribution in [0.15, 0.2) is 18.2 Å². The fourth-order valence-corrected chi connectivity index (χ4v) is 2.40. The zero-order valence-corrected chi connectivity index (χ0v) is 15.1. The van der Waals surface area contributed by atoms with Gasteiger partial charge in [-0.25, -0.2) is 9.78 Å². The predicted octanol–water partition coefficient (Wildman–Crippen LogP) is 4.48. The maximum atomic E-state index is 12.2. The van der Waals surface area contributed by atoms with Crippen LogP contribution < -0.4 is 5.32 Å². The molecule has 1 unspecified atom stereocenters. The van der Waals surface area contributed by atoms with Gasteiger partial charge in [0.05, 0.1) is 17.1 Å². The summed E-state index contributed by atoms with van der Waals surface area (Å²) in [5.41, 5.74) is 2.29. The van der Waals surface area contributed by atoms with Crippen LogP contribution in [0.5, 0.6) is 0 Å². The molecule has 0 spiro atoms. The molecule has 1 aromatic carbocycles. The van der Waals surface area contributed by atoms with Crippen LogP contribution >= 0.6 is 0 Å². The molecule has 2 N–H and O–H groups in total. The van der Waals surface area contributed by atoms with Gasteiger partial charge >= 0.3 is 6.09 Å². The summed E-state index contributed by atoms with van der Waals surface area (Å²) in [5, 5.41) is 2.95. The summed E-state index contributed by atoms with van der Waals surface area (Å²) < 4.78 is 5.39. The summed E-state index contributed by atoms with van der Waals surface area (Å²) in [5.74, 6) is 0.740. The molecule has 1 atom stereocenters. The van der Waals surface area contributed by atoms with Crippen LogP contribution in [0.4, 0.5) is 4.79 Å². The van der Waals surface area contributed by atoms with E-state index in [-0.39, 0.29) is 11.5 Å². The molecular weight excluding hydrogens is 290 g/mol. The van der Waals surface area contributed by atoms with Crippen molar-refractivity contribution in [2.75, 3.05) is 0 Å². The number of benzene rings is 1. The lowest BCUT2D eigenvalue weighted by Gasteiger charge is -2.31. The van der Waals surface area contributed by atoms with Crippen LogP contribution in [0, 0.1) is 12.3 Å². The van der Waals surface area contributed by atoms with Crippen molar-refractivity contribution in [2.24, 2.45) is 5.41 Å². The number of hydrogen-bond acceptors (Lipinski definition) is 3. The molecule has 0 saturated carbocycles. The second-order valence-corrected chi connectivity index (χ2v) is 8.09. The van der Waals surface area contributed by atoms with Gasteiger partial charge in [-0.05, 0) is 50.8 Å². The summed E-state index contributed by atoms with van der Waals surface area (Å²) in [6, 6.07) is 5.79. The fraction of sp³-hybridized carbons (Fsp3) is 0.556. The molecule has 0 bridgehead atoms. The lowest BCUT2D eigenvalue weighted by atomic mass is 9.86. The van der Waals surface area contributed by atoms with Gasteiger partial charge < -0.3 is 15.0 Å². The number of hydrogen-bond donors (Lipinski definition) is 2. The normalized spacial score (nSPS) is 13.9. The summed E-state index contributed by atoms with van der Waals surface area (Å²) >= 11 is 0. The molecular formula is C18H27N3O2. The van der Waals surface area contributed by atoms with Gasteiger partial charge in [0, 0.05) is 0 Å². The molecule has 2 rings (SSSR count). The van der Waals surface area contributed by atoms with Gasteiger partial charge in [-0.1, -0.05) is 26.8 Å². The number of carbonyl (C=O) groups excluding carboxylic acids is 1. The highest BCUT2D eigenvalue weighted by atomic mass is 16.6.